The lowest BCUT2D eigenvalue weighted by atomic mass is 10.0. The SMILES string of the molecule is CCc1nn(COC(=O)OC(=N)Oc2ccccc2)c(CC)c1Cc1cc(Cl)cc(Cl)c1. The summed E-state index contributed by atoms with van der Waals surface area (Å²) in [7, 11) is 0. The molecule has 7 nitrogen and oxygen atoms in total. The molecule has 0 saturated heterocycles. The second kappa shape index (κ2) is 11.0. The number of ether oxygens (including phenoxy) is 3. The zero-order valence-electron chi connectivity index (χ0n) is 17.7. The Morgan fingerprint density at radius 3 is 2.38 bits per heavy atom. The van der Waals surface area contributed by atoms with Gasteiger partial charge in [-0.25, -0.2) is 14.9 Å². The molecule has 32 heavy (non-hydrogen) atoms. The van der Waals surface area contributed by atoms with Crippen LogP contribution in [0.25, 0.3) is 0 Å². The molecule has 1 heterocycles. The lowest BCUT2D eigenvalue weighted by molar-refractivity contribution is 0.0558. The number of aromatic nitrogens is 2. The molecule has 3 aromatic rings. The fourth-order valence-corrected chi connectivity index (χ4v) is 3.90. The van der Waals surface area contributed by atoms with E-state index in [4.69, 9.17) is 42.8 Å². The van der Waals surface area contributed by atoms with Gasteiger partial charge in [-0.15, -0.1) is 0 Å². The van der Waals surface area contributed by atoms with Crippen LogP contribution in [0.1, 0.15) is 36.4 Å². The third kappa shape index (κ3) is 6.24. The summed E-state index contributed by atoms with van der Waals surface area (Å²) in [6.07, 6.45) is 0.271. The highest BCUT2D eigenvalue weighted by Gasteiger charge is 2.18. The molecule has 0 spiro atoms. The first-order valence-corrected chi connectivity index (χ1v) is 10.8. The van der Waals surface area contributed by atoms with Gasteiger partial charge >= 0.3 is 12.2 Å². The van der Waals surface area contributed by atoms with Crippen molar-refractivity contribution in [3.63, 3.8) is 0 Å². The summed E-state index contributed by atoms with van der Waals surface area (Å²) < 4.78 is 16.7. The van der Waals surface area contributed by atoms with Gasteiger partial charge < -0.3 is 14.2 Å². The summed E-state index contributed by atoms with van der Waals surface area (Å²) in [6, 6.07) is 14.0. The van der Waals surface area contributed by atoms with Gasteiger partial charge in [-0.1, -0.05) is 55.2 Å². The second-order valence-electron chi connectivity index (χ2n) is 6.86. The Bertz CT molecular complexity index is 1080. The minimum absolute atomic E-state index is 0.149. The number of nitrogens with zero attached hydrogens (tertiary/aromatic N) is 2. The van der Waals surface area contributed by atoms with E-state index < -0.39 is 12.2 Å². The monoisotopic (exact) mass is 475 g/mol. The average molecular weight is 476 g/mol. The molecule has 0 aliphatic rings. The van der Waals surface area contributed by atoms with Crippen molar-refractivity contribution in [1.29, 1.82) is 5.41 Å². The average Bonchev–Trinajstić information content (AvgIpc) is 3.08. The predicted molar refractivity (Wildman–Crippen MR) is 123 cm³/mol. The molecule has 168 valence electrons. The Kier molecular flexibility index (Phi) is 8.14. The van der Waals surface area contributed by atoms with Crippen LogP contribution < -0.4 is 4.74 Å². The van der Waals surface area contributed by atoms with Gasteiger partial charge in [0.25, 0.3) is 0 Å². The molecule has 0 fully saturated rings. The topological polar surface area (TPSA) is 86.4 Å². The molecule has 0 aliphatic carbocycles. The largest absolute Gasteiger partial charge is 0.519 e. The summed E-state index contributed by atoms with van der Waals surface area (Å²) in [4.78, 5) is 12.0. The quantitative estimate of drug-likeness (QED) is 0.256. The number of hydrogen-bond acceptors (Lipinski definition) is 6. The number of para-hydroxylation sites is 1. The molecule has 0 unspecified atom stereocenters. The first-order chi connectivity index (χ1) is 15.4. The van der Waals surface area contributed by atoms with Gasteiger partial charge in [0.05, 0.1) is 5.69 Å². The van der Waals surface area contributed by atoms with E-state index in [-0.39, 0.29) is 6.73 Å². The predicted octanol–water partition coefficient (Wildman–Crippen LogP) is 6.03. The molecule has 0 saturated carbocycles. The molecular weight excluding hydrogens is 453 g/mol. The van der Waals surface area contributed by atoms with E-state index in [1.54, 1.807) is 41.1 Å². The maximum absolute atomic E-state index is 12.0. The molecule has 0 aliphatic heterocycles. The first kappa shape index (κ1) is 23.6. The van der Waals surface area contributed by atoms with Crippen LogP contribution in [0.4, 0.5) is 4.79 Å². The fraction of sp³-hybridized carbons (Fsp3) is 0.261. The summed E-state index contributed by atoms with van der Waals surface area (Å²) >= 11 is 12.3. The van der Waals surface area contributed by atoms with E-state index in [9.17, 15) is 4.79 Å². The van der Waals surface area contributed by atoms with Gasteiger partial charge in [0, 0.05) is 27.7 Å². The van der Waals surface area contributed by atoms with Crippen molar-refractivity contribution in [1.82, 2.24) is 9.78 Å². The first-order valence-electron chi connectivity index (χ1n) is 10.1. The minimum atomic E-state index is -1.05. The van der Waals surface area contributed by atoms with E-state index in [1.165, 1.54) is 0 Å². The van der Waals surface area contributed by atoms with Crippen LogP contribution >= 0.6 is 23.2 Å². The molecule has 0 atom stereocenters. The normalized spacial score (nSPS) is 10.6. The lowest BCUT2D eigenvalue weighted by Gasteiger charge is -2.10. The smallest absolute Gasteiger partial charge is 0.411 e. The van der Waals surface area contributed by atoms with Gasteiger partial charge in [0.2, 0.25) is 0 Å². The maximum atomic E-state index is 12.0. The highest BCUT2D eigenvalue weighted by atomic mass is 35.5. The summed E-state index contributed by atoms with van der Waals surface area (Å²) in [5.74, 6) is 0.379. The Morgan fingerprint density at radius 2 is 1.75 bits per heavy atom. The van der Waals surface area contributed by atoms with Crippen molar-refractivity contribution in [3.05, 3.63) is 81.1 Å². The van der Waals surface area contributed by atoms with Crippen molar-refractivity contribution in [2.45, 2.75) is 39.8 Å². The van der Waals surface area contributed by atoms with E-state index >= 15 is 0 Å². The molecule has 0 radical (unpaired) electrons. The number of carbonyl (C=O) groups is 1. The highest BCUT2D eigenvalue weighted by Crippen LogP contribution is 2.25. The van der Waals surface area contributed by atoms with Crippen molar-refractivity contribution in [3.8, 4) is 5.75 Å². The van der Waals surface area contributed by atoms with Gasteiger partial charge in [0.1, 0.15) is 5.75 Å². The zero-order chi connectivity index (χ0) is 23.1. The Labute approximate surface area is 196 Å². The van der Waals surface area contributed by atoms with E-state index in [0.29, 0.717) is 35.1 Å². The Morgan fingerprint density at radius 1 is 1.06 bits per heavy atom. The Hall–Kier alpha value is -3.03. The minimum Gasteiger partial charge on any atom is -0.411 e. The van der Waals surface area contributed by atoms with Crippen LogP contribution in [-0.2, 0) is 35.5 Å². The highest BCUT2D eigenvalue weighted by molar-refractivity contribution is 6.34. The van der Waals surface area contributed by atoms with Crippen molar-refractivity contribution < 1.29 is 19.0 Å². The molecule has 0 bridgehead atoms. The van der Waals surface area contributed by atoms with Crippen LogP contribution in [0.3, 0.4) is 0 Å². The van der Waals surface area contributed by atoms with Gasteiger partial charge in [-0.3, -0.25) is 0 Å². The van der Waals surface area contributed by atoms with Gasteiger partial charge in [0.15, 0.2) is 6.73 Å². The van der Waals surface area contributed by atoms with Crippen molar-refractivity contribution >= 4 is 35.4 Å². The van der Waals surface area contributed by atoms with E-state index in [0.717, 1.165) is 22.5 Å². The van der Waals surface area contributed by atoms with Crippen LogP contribution in [-0.4, -0.2) is 22.0 Å². The number of halogens is 2. The third-order valence-electron chi connectivity index (χ3n) is 4.66. The molecule has 9 heteroatoms. The number of aryl methyl sites for hydroxylation is 1. The standard InChI is InChI=1S/C23H23Cl2N3O4/c1-3-20-19(12-15-10-16(24)13-17(25)11-15)21(4-2)28(27-20)14-30-23(29)32-22(26)31-18-8-6-5-7-9-18/h5-11,13,26H,3-4,12,14H2,1-2H3. The maximum Gasteiger partial charge on any atom is 0.519 e. The van der Waals surface area contributed by atoms with Gasteiger partial charge in [-0.2, -0.15) is 5.10 Å². The van der Waals surface area contributed by atoms with Crippen LogP contribution in [0.2, 0.25) is 10.0 Å². The molecule has 1 aromatic heterocycles. The molecule has 0 amide bonds. The fourth-order valence-electron chi connectivity index (χ4n) is 3.33. The third-order valence-corrected chi connectivity index (χ3v) is 5.09. The zero-order valence-corrected chi connectivity index (χ0v) is 19.2. The Balaban J connectivity index is 1.67. The van der Waals surface area contributed by atoms with E-state index in [2.05, 4.69) is 5.10 Å². The van der Waals surface area contributed by atoms with Crippen LogP contribution in [0, 0.1) is 5.41 Å². The number of hydrogen-bond donors (Lipinski definition) is 1. The van der Waals surface area contributed by atoms with Gasteiger partial charge in [-0.05, 0) is 48.7 Å². The summed E-state index contributed by atoms with van der Waals surface area (Å²) in [6.45, 7) is 3.87. The molecular formula is C23H23Cl2N3O4. The molecule has 3 rings (SSSR count). The van der Waals surface area contributed by atoms with Crippen molar-refractivity contribution in [2.24, 2.45) is 0 Å². The summed E-state index contributed by atoms with van der Waals surface area (Å²) in [5, 5.41) is 13.4. The second-order valence-corrected chi connectivity index (χ2v) is 7.73. The lowest BCUT2D eigenvalue weighted by Crippen LogP contribution is -2.20. The number of benzene rings is 2. The van der Waals surface area contributed by atoms with Crippen molar-refractivity contribution in [2.75, 3.05) is 0 Å². The molecule has 1 N–H and O–H groups in total. The number of nitrogens with one attached hydrogen (secondary N) is 1. The molecule has 2 aromatic carbocycles. The number of rotatable bonds is 7. The summed E-state index contributed by atoms with van der Waals surface area (Å²) in [5.41, 5.74) is 3.85. The van der Waals surface area contributed by atoms with Crippen LogP contribution in [0.5, 0.6) is 5.75 Å². The van der Waals surface area contributed by atoms with E-state index in [1.807, 2.05) is 26.0 Å². The number of carbonyl (C=O) groups excluding carboxylic acids is 1. The van der Waals surface area contributed by atoms with Crippen LogP contribution in [0.15, 0.2) is 48.5 Å².